The Kier molecular flexibility index (Phi) is 2.90. The fourth-order valence-corrected chi connectivity index (χ4v) is 2.24. The number of aryl methyl sites for hydroxylation is 2. The minimum Gasteiger partial charge on any atom is -0.236 e. The van der Waals surface area contributed by atoms with E-state index in [-0.39, 0.29) is 0 Å². The van der Waals surface area contributed by atoms with Crippen LogP contribution in [0.1, 0.15) is 36.5 Å². The zero-order valence-electron chi connectivity index (χ0n) is 10.1. The van der Waals surface area contributed by atoms with Crippen LogP contribution in [-0.2, 0) is 0 Å². The van der Waals surface area contributed by atoms with E-state index in [2.05, 4.69) is 50.9 Å². The lowest BCUT2D eigenvalue weighted by molar-refractivity contribution is 0.862. The molecule has 0 saturated carbocycles. The van der Waals surface area contributed by atoms with Crippen LogP contribution in [0.25, 0.3) is 10.9 Å². The van der Waals surface area contributed by atoms with Gasteiger partial charge in [-0.25, -0.2) is 4.98 Å². The maximum atomic E-state index is 6.21. The summed E-state index contributed by atoms with van der Waals surface area (Å²) in [5.74, 6) is 0.408. The SMILES string of the molecule is Cc1ccc2cc(C(C)C)c(Cl)nc2c1C. The molecule has 1 nitrogen and oxygen atoms in total. The zero-order chi connectivity index (χ0) is 11.9. The van der Waals surface area contributed by atoms with Gasteiger partial charge in [-0.15, -0.1) is 0 Å². The Morgan fingerprint density at radius 2 is 1.88 bits per heavy atom. The first-order valence-corrected chi connectivity index (χ1v) is 5.95. The second-order valence-corrected chi connectivity index (χ2v) is 4.96. The predicted octanol–water partition coefficient (Wildman–Crippen LogP) is 4.63. The van der Waals surface area contributed by atoms with E-state index >= 15 is 0 Å². The molecular weight excluding hydrogens is 218 g/mol. The summed E-state index contributed by atoms with van der Waals surface area (Å²) in [5, 5.41) is 1.81. The average molecular weight is 234 g/mol. The number of hydrogen-bond donors (Lipinski definition) is 0. The Morgan fingerprint density at radius 1 is 1.19 bits per heavy atom. The van der Waals surface area contributed by atoms with Gasteiger partial charge in [0.25, 0.3) is 0 Å². The van der Waals surface area contributed by atoms with Crippen molar-refractivity contribution < 1.29 is 0 Å². The van der Waals surface area contributed by atoms with Crippen molar-refractivity contribution in [1.82, 2.24) is 4.98 Å². The van der Waals surface area contributed by atoms with E-state index in [0.717, 1.165) is 11.1 Å². The molecule has 1 aromatic carbocycles. The number of fused-ring (bicyclic) bond motifs is 1. The highest BCUT2D eigenvalue weighted by atomic mass is 35.5. The van der Waals surface area contributed by atoms with Crippen molar-refractivity contribution in [3.05, 3.63) is 40.0 Å². The summed E-state index contributed by atoms with van der Waals surface area (Å²) in [4.78, 5) is 4.52. The Balaban J connectivity index is 2.79. The number of aromatic nitrogens is 1. The molecule has 2 heteroatoms. The van der Waals surface area contributed by atoms with Gasteiger partial charge < -0.3 is 0 Å². The number of pyridine rings is 1. The van der Waals surface area contributed by atoms with Crippen LogP contribution < -0.4 is 0 Å². The summed E-state index contributed by atoms with van der Waals surface area (Å²) in [6, 6.07) is 6.41. The van der Waals surface area contributed by atoms with Gasteiger partial charge in [-0.1, -0.05) is 37.6 Å². The molecule has 1 aromatic heterocycles. The lowest BCUT2D eigenvalue weighted by atomic mass is 10.0. The van der Waals surface area contributed by atoms with Crippen molar-refractivity contribution >= 4 is 22.5 Å². The first-order chi connectivity index (χ1) is 7.50. The Morgan fingerprint density at radius 3 is 2.50 bits per heavy atom. The predicted molar refractivity (Wildman–Crippen MR) is 70.3 cm³/mol. The van der Waals surface area contributed by atoms with Crippen molar-refractivity contribution in [3.63, 3.8) is 0 Å². The number of halogens is 1. The highest BCUT2D eigenvalue weighted by molar-refractivity contribution is 6.30. The molecule has 0 atom stereocenters. The van der Waals surface area contributed by atoms with E-state index in [9.17, 15) is 0 Å². The third kappa shape index (κ3) is 1.80. The van der Waals surface area contributed by atoms with Crippen LogP contribution in [0.15, 0.2) is 18.2 Å². The molecule has 0 aliphatic heterocycles. The molecule has 2 aromatic rings. The molecule has 0 amide bonds. The first-order valence-electron chi connectivity index (χ1n) is 5.57. The molecule has 0 fully saturated rings. The van der Waals surface area contributed by atoms with Gasteiger partial charge in [0.15, 0.2) is 0 Å². The highest BCUT2D eigenvalue weighted by Gasteiger charge is 2.10. The average Bonchev–Trinajstić information content (AvgIpc) is 2.23. The van der Waals surface area contributed by atoms with Gasteiger partial charge in [0.2, 0.25) is 0 Å². The number of hydrogen-bond acceptors (Lipinski definition) is 1. The molecule has 0 aliphatic rings. The molecule has 0 spiro atoms. The first kappa shape index (κ1) is 11.4. The van der Waals surface area contributed by atoms with Gasteiger partial charge in [-0.05, 0) is 42.5 Å². The van der Waals surface area contributed by atoms with Crippen LogP contribution in [0.4, 0.5) is 0 Å². The number of benzene rings is 1. The van der Waals surface area contributed by atoms with Gasteiger partial charge in [0, 0.05) is 5.39 Å². The quantitative estimate of drug-likeness (QED) is 0.655. The van der Waals surface area contributed by atoms with Crippen molar-refractivity contribution in [3.8, 4) is 0 Å². The minimum absolute atomic E-state index is 0.408. The van der Waals surface area contributed by atoms with Crippen molar-refractivity contribution in [2.75, 3.05) is 0 Å². The third-order valence-corrected chi connectivity index (χ3v) is 3.42. The second kappa shape index (κ2) is 4.06. The fourth-order valence-electron chi connectivity index (χ4n) is 1.88. The third-order valence-electron chi connectivity index (χ3n) is 3.11. The van der Waals surface area contributed by atoms with E-state index in [4.69, 9.17) is 11.6 Å². The van der Waals surface area contributed by atoms with Crippen LogP contribution in [0.2, 0.25) is 5.15 Å². The molecule has 0 bridgehead atoms. The topological polar surface area (TPSA) is 12.9 Å². The maximum Gasteiger partial charge on any atom is 0.133 e. The second-order valence-electron chi connectivity index (χ2n) is 4.60. The summed E-state index contributed by atoms with van der Waals surface area (Å²) in [6.07, 6.45) is 0. The molecular formula is C14H16ClN. The van der Waals surface area contributed by atoms with E-state index in [1.54, 1.807) is 0 Å². The van der Waals surface area contributed by atoms with Gasteiger partial charge in [0.1, 0.15) is 5.15 Å². The van der Waals surface area contributed by atoms with Gasteiger partial charge >= 0.3 is 0 Å². The molecule has 16 heavy (non-hydrogen) atoms. The minimum atomic E-state index is 0.408. The van der Waals surface area contributed by atoms with Crippen molar-refractivity contribution in [2.24, 2.45) is 0 Å². The smallest absolute Gasteiger partial charge is 0.133 e. The molecule has 0 N–H and O–H groups in total. The highest BCUT2D eigenvalue weighted by Crippen LogP contribution is 2.28. The number of nitrogens with zero attached hydrogens (tertiary/aromatic N) is 1. The molecule has 2 rings (SSSR count). The number of rotatable bonds is 1. The molecule has 0 aliphatic carbocycles. The van der Waals surface area contributed by atoms with Crippen LogP contribution in [0, 0.1) is 13.8 Å². The summed E-state index contributed by atoms with van der Waals surface area (Å²) in [5.41, 5.74) is 4.62. The van der Waals surface area contributed by atoms with E-state index in [0.29, 0.717) is 11.1 Å². The van der Waals surface area contributed by atoms with Crippen LogP contribution in [0.3, 0.4) is 0 Å². The maximum absolute atomic E-state index is 6.21. The Labute approximate surface area is 101 Å². The van der Waals surface area contributed by atoms with E-state index in [1.165, 1.54) is 16.5 Å². The van der Waals surface area contributed by atoms with Crippen molar-refractivity contribution in [1.29, 1.82) is 0 Å². The molecule has 84 valence electrons. The van der Waals surface area contributed by atoms with Crippen LogP contribution >= 0.6 is 11.6 Å². The molecule has 1 heterocycles. The van der Waals surface area contributed by atoms with E-state index in [1.807, 2.05) is 0 Å². The standard InChI is InChI=1S/C14H16ClN/c1-8(2)12-7-11-6-5-9(3)10(4)13(11)16-14(12)15/h5-8H,1-4H3. The van der Waals surface area contributed by atoms with Crippen LogP contribution in [0.5, 0.6) is 0 Å². The monoisotopic (exact) mass is 233 g/mol. The summed E-state index contributed by atoms with van der Waals surface area (Å²) in [7, 11) is 0. The van der Waals surface area contributed by atoms with Gasteiger partial charge in [0.05, 0.1) is 5.52 Å². The summed E-state index contributed by atoms with van der Waals surface area (Å²) in [6.45, 7) is 8.46. The lowest BCUT2D eigenvalue weighted by Gasteiger charge is -2.11. The largest absolute Gasteiger partial charge is 0.236 e. The van der Waals surface area contributed by atoms with Crippen LogP contribution in [-0.4, -0.2) is 4.98 Å². The molecule has 0 unspecified atom stereocenters. The van der Waals surface area contributed by atoms with Crippen molar-refractivity contribution in [2.45, 2.75) is 33.6 Å². The van der Waals surface area contributed by atoms with Gasteiger partial charge in [-0.2, -0.15) is 0 Å². The Hall–Kier alpha value is -1.08. The molecule has 0 radical (unpaired) electrons. The normalized spacial score (nSPS) is 11.4. The van der Waals surface area contributed by atoms with Gasteiger partial charge in [-0.3, -0.25) is 0 Å². The molecule has 0 saturated heterocycles. The lowest BCUT2D eigenvalue weighted by Crippen LogP contribution is -1.95. The van der Waals surface area contributed by atoms with E-state index < -0.39 is 0 Å². The summed E-state index contributed by atoms with van der Waals surface area (Å²) >= 11 is 6.21. The Bertz CT molecular complexity index is 544. The summed E-state index contributed by atoms with van der Waals surface area (Å²) < 4.78 is 0. The zero-order valence-corrected chi connectivity index (χ0v) is 10.9. The fraction of sp³-hybridized carbons (Fsp3) is 0.357.